The van der Waals surface area contributed by atoms with E-state index < -0.39 is 0 Å². The quantitative estimate of drug-likeness (QED) is 0.819. The molecule has 1 aromatic carbocycles. The number of amides is 1. The lowest BCUT2D eigenvalue weighted by Crippen LogP contribution is -2.30. The van der Waals surface area contributed by atoms with Gasteiger partial charge in [-0.3, -0.25) is 4.79 Å². The van der Waals surface area contributed by atoms with E-state index in [1.165, 1.54) is 0 Å². The predicted molar refractivity (Wildman–Crippen MR) is 92.0 cm³/mol. The van der Waals surface area contributed by atoms with Gasteiger partial charge in [-0.1, -0.05) is 20.8 Å². The van der Waals surface area contributed by atoms with Gasteiger partial charge >= 0.3 is 0 Å². The van der Waals surface area contributed by atoms with Crippen LogP contribution < -0.4 is 15.5 Å². The maximum Gasteiger partial charge on any atom is 0.246 e. The highest BCUT2D eigenvalue weighted by Gasteiger charge is 2.31. The first-order chi connectivity index (χ1) is 10.0. The van der Waals surface area contributed by atoms with Crippen molar-refractivity contribution in [1.29, 1.82) is 0 Å². The van der Waals surface area contributed by atoms with Crippen molar-refractivity contribution in [2.45, 2.75) is 45.7 Å². The zero-order chi connectivity index (χ0) is 15.6. The maximum absolute atomic E-state index is 12.1. The molecular weight excluding hydrogens is 330 g/mol. The minimum atomic E-state index is -0.242. The number of carbonyl (C=O) groups excluding carboxylic acids is 1. The van der Waals surface area contributed by atoms with Crippen LogP contribution in [0.4, 0.5) is 11.4 Å². The first-order valence-electron chi connectivity index (χ1n) is 7.63. The van der Waals surface area contributed by atoms with E-state index in [4.69, 9.17) is 0 Å². The van der Waals surface area contributed by atoms with Crippen LogP contribution in [0.5, 0.6) is 0 Å². The van der Waals surface area contributed by atoms with Crippen LogP contribution in [0.25, 0.3) is 0 Å². The summed E-state index contributed by atoms with van der Waals surface area (Å²) in [6, 6.07) is 4.40. The number of carbonyl (C=O) groups is 1. The summed E-state index contributed by atoms with van der Waals surface area (Å²) in [6.45, 7) is 7.18. The molecule has 21 heavy (non-hydrogen) atoms. The predicted octanol–water partition coefficient (Wildman–Crippen LogP) is 3.68. The molecule has 0 bridgehead atoms. The monoisotopic (exact) mass is 353 g/mol. The minimum Gasteiger partial charge on any atom is -0.371 e. The van der Waals surface area contributed by atoms with Crippen molar-refractivity contribution in [3.05, 3.63) is 22.2 Å². The molecule has 0 aliphatic carbocycles. The minimum absolute atomic E-state index is 0.0288. The third-order valence-electron chi connectivity index (χ3n) is 4.23. The number of benzene rings is 1. The zero-order valence-electron chi connectivity index (χ0n) is 13.2. The fourth-order valence-corrected chi connectivity index (χ4v) is 3.62. The largest absolute Gasteiger partial charge is 0.371 e. The topological polar surface area (TPSA) is 44.4 Å². The normalized spacial score (nSPS) is 17.0. The van der Waals surface area contributed by atoms with Crippen LogP contribution in [0.3, 0.4) is 0 Å². The van der Waals surface area contributed by atoms with Crippen molar-refractivity contribution in [1.82, 2.24) is 5.32 Å². The van der Waals surface area contributed by atoms with E-state index in [9.17, 15) is 4.79 Å². The van der Waals surface area contributed by atoms with E-state index >= 15 is 0 Å². The Morgan fingerprint density at radius 2 is 2.00 bits per heavy atom. The van der Waals surface area contributed by atoms with Crippen LogP contribution in [0.15, 0.2) is 16.6 Å². The van der Waals surface area contributed by atoms with Crippen molar-refractivity contribution in [2.24, 2.45) is 0 Å². The Hall–Kier alpha value is -1.07. The lowest BCUT2D eigenvalue weighted by atomic mass is 10.1. The molecule has 116 valence electrons. The van der Waals surface area contributed by atoms with Crippen LogP contribution in [-0.2, 0) is 4.79 Å². The second-order valence-corrected chi connectivity index (χ2v) is 6.31. The molecule has 4 nitrogen and oxygen atoms in total. The van der Waals surface area contributed by atoms with Gasteiger partial charge in [0.15, 0.2) is 0 Å². The summed E-state index contributed by atoms with van der Waals surface area (Å²) in [5, 5.41) is 6.21. The third-order valence-corrected chi connectivity index (χ3v) is 4.86. The second kappa shape index (κ2) is 6.79. The number of fused-ring (bicyclic) bond motifs is 1. The molecule has 0 fully saturated rings. The van der Waals surface area contributed by atoms with E-state index in [1.807, 2.05) is 6.92 Å². The van der Waals surface area contributed by atoms with Crippen molar-refractivity contribution >= 4 is 33.2 Å². The fourth-order valence-electron chi connectivity index (χ4n) is 2.98. The van der Waals surface area contributed by atoms with Crippen molar-refractivity contribution in [3.8, 4) is 0 Å². The Morgan fingerprint density at radius 3 is 2.57 bits per heavy atom. The number of rotatable bonds is 6. The SMILES string of the molecule is CCNC1C(=O)Nc2cc(N(C)C(CC)CC)c(Br)cc21. The summed E-state index contributed by atoms with van der Waals surface area (Å²) in [4.78, 5) is 14.3. The number of nitrogens with one attached hydrogen (secondary N) is 2. The first kappa shape index (κ1) is 16.3. The molecule has 2 N–H and O–H groups in total. The molecule has 1 aliphatic rings. The molecule has 5 heteroatoms. The molecule has 1 heterocycles. The average molecular weight is 354 g/mol. The van der Waals surface area contributed by atoms with Crippen molar-refractivity contribution in [2.75, 3.05) is 23.8 Å². The van der Waals surface area contributed by atoms with E-state index in [0.717, 1.165) is 40.8 Å². The molecule has 2 rings (SSSR count). The van der Waals surface area contributed by atoms with E-state index in [0.29, 0.717) is 6.04 Å². The van der Waals surface area contributed by atoms with E-state index in [1.54, 1.807) is 0 Å². The van der Waals surface area contributed by atoms with Crippen LogP contribution >= 0.6 is 15.9 Å². The number of hydrogen-bond acceptors (Lipinski definition) is 3. The third kappa shape index (κ3) is 3.09. The zero-order valence-corrected chi connectivity index (χ0v) is 14.8. The average Bonchev–Trinajstić information content (AvgIpc) is 2.75. The maximum atomic E-state index is 12.1. The molecule has 1 aromatic rings. The van der Waals surface area contributed by atoms with E-state index in [-0.39, 0.29) is 11.9 Å². The highest BCUT2D eigenvalue weighted by molar-refractivity contribution is 9.10. The van der Waals surface area contributed by atoms with Crippen LogP contribution in [-0.4, -0.2) is 25.5 Å². The summed E-state index contributed by atoms with van der Waals surface area (Å²) >= 11 is 3.67. The van der Waals surface area contributed by atoms with Gasteiger partial charge < -0.3 is 15.5 Å². The molecule has 1 aliphatic heterocycles. The van der Waals surface area contributed by atoms with E-state index in [2.05, 4.69) is 64.5 Å². The molecule has 0 saturated carbocycles. The Kier molecular flexibility index (Phi) is 5.27. The number of nitrogens with zero attached hydrogens (tertiary/aromatic N) is 1. The van der Waals surface area contributed by atoms with Crippen LogP contribution in [0.1, 0.15) is 45.2 Å². The Bertz CT molecular complexity index is 528. The summed E-state index contributed by atoms with van der Waals surface area (Å²) in [5.41, 5.74) is 3.07. The summed E-state index contributed by atoms with van der Waals surface area (Å²) in [5.74, 6) is 0.0288. The van der Waals surface area contributed by atoms with Gasteiger partial charge in [0.2, 0.25) is 5.91 Å². The van der Waals surface area contributed by atoms with Gasteiger partial charge in [0.25, 0.3) is 0 Å². The van der Waals surface area contributed by atoms with Crippen LogP contribution in [0, 0.1) is 0 Å². The lowest BCUT2D eigenvalue weighted by Gasteiger charge is -2.30. The van der Waals surface area contributed by atoms with Gasteiger partial charge in [-0.05, 0) is 47.4 Å². The second-order valence-electron chi connectivity index (χ2n) is 5.45. The summed E-state index contributed by atoms with van der Waals surface area (Å²) in [6.07, 6.45) is 2.20. The number of likely N-dealkylation sites (N-methyl/N-ethyl adjacent to an activating group) is 1. The lowest BCUT2D eigenvalue weighted by molar-refractivity contribution is -0.117. The van der Waals surface area contributed by atoms with Crippen molar-refractivity contribution < 1.29 is 4.79 Å². The molecule has 0 saturated heterocycles. The highest BCUT2D eigenvalue weighted by Crippen LogP contribution is 2.39. The first-order valence-corrected chi connectivity index (χ1v) is 8.43. The van der Waals surface area contributed by atoms with Gasteiger partial charge in [0.1, 0.15) is 6.04 Å². The molecule has 1 amide bonds. The fraction of sp³-hybridized carbons (Fsp3) is 0.562. The number of hydrogen-bond donors (Lipinski definition) is 2. The smallest absolute Gasteiger partial charge is 0.246 e. The van der Waals surface area contributed by atoms with Gasteiger partial charge in [-0.25, -0.2) is 0 Å². The summed E-state index contributed by atoms with van der Waals surface area (Å²) < 4.78 is 1.04. The molecular formula is C16H24BrN3O. The van der Waals surface area contributed by atoms with Gasteiger partial charge in [-0.2, -0.15) is 0 Å². The van der Waals surface area contributed by atoms with Gasteiger partial charge in [0, 0.05) is 28.8 Å². The van der Waals surface area contributed by atoms with Crippen LogP contribution in [0.2, 0.25) is 0 Å². The van der Waals surface area contributed by atoms with Gasteiger partial charge in [-0.15, -0.1) is 0 Å². The molecule has 0 aromatic heterocycles. The summed E-state index contributed by atoms with van der Waals surface area (Å²) in [7, 11) is 2.11. The van der Waals surface area contributed by atoms with Crippen molar-refractivity contribution in [3.63, 3.8) is 0 Å². The molecule has 1 atom stereocenters. The number of anilines is 2. The number of halogens is 1. The Balaban J connectivity index is 2.37. The Labute approximate surface area is 135 Å². The Morgan fingerprint density at radius 1 is 1.33 bits per heavy atom. The van der Waals surface area contributed by atoms with Gasteiger partial charge in [0.05, 0.1) is 5.69 Å². The standard InChI is InChI=1S/C16H24BrN3O/c1-5-10(6-2)20(4)14-9-13-11(8-12(14)17)15(18-7-3)16(21)19-13/h8-10,15,18H,5-7H2,1-4H3,(H,19,21). The molecule has 0 spiro atoms. The highest BCUT2D eigenvalue weighted by atomic mass is 79.9. The molecule has 0 radical (unpaired) electrons. The molecule has 1 unspecified atom stereocenters.